The van der Waals surface area contributed by atoms with Crippen molar-refractivity contribution < 1.29 is 9.47 Å². The third kappa shape index (κ3) is 4.31. The summed E-state index contributed by atoms with van der Waals surface area (Å²) in [6.45, 7) is 4.64. The maximum atomic E-state index is 5.34. The number of rotatable bonds is 5. The largest absolute Gasteiger partial charge is 0.497 e. The first-order valence-electron chi connectivity index (χ1n) is 4.90. The minimum absolute atomic E-state index is 0.385. The van der Waals surface area contributed by atoms with Gasteiger partial charge in [-0.1, -0.05) is 18.2 Å². The van der Waals surface area contributed by atoms with Crippen LogP contribution in [0.2, 0.25) is 0 Å². The molecule has 1 N–H and O–H groups in total. The number of benzene rings is 1. The maximum absolute atomic E-state index is 5.34. The highest BCUT2D eigenvalue weighted by molar-refractivity contribution is 7.80. The topological polar surface area (TPSA) is 30.5 Å². The van der Waals surface area contributed by atoms with E-state index in [9.17, 15) is 0 Å². The van der Waals surface area contributed by atoms with Crippen LogP contribution < -0.4 is 10.1 Å². The molecule has 0 heterocycles. The summed E-state index contributed by atoms with van der Waals surface area (Å²) in [6, 6.07) is 7.65. The fraction of sp³-hybridized carbons (Fsp3) is 0.250. The Morgan fingerprint density at radius 1 is 1.44 bits per heavy atom. The lowest BCUT2D eigenvalue weighted by Crippen LogP contribution is -2.23. The molecule has 0 saturated carbocycles. The minimum atomic E-state index is 0.385. The van der Waals surface area contributed by atoms with Crippen LogP contribution in [0.1, 0.15) is 5.56 Å². The van der Waals surface area contributed by atoms with Gasteiger partial charge in [0.15, 0.2) is 0 Å². The van der Waals surface area contributed by atoms with E-state index in [1.165, 1.54) is 0 Å². The summed E-state index contributed by atoms with van der Waals surface area (Å²) in [7, 11) is 1.64. The van der Waals surface area contributed by atoms with Crippen LogP contribution in [-0.2, 0) is 11.3 Å². The molecule has 1 rings (SSSR count). The highest BCUT2D eigenvalue weighted by Gasteiger charge is 1.97. The minimum Gasteiger partial charge on any atom is -0.497 e. The van der Waals surface area contributed by atoms with Gasteiger partial charge in [-0.25, -0.2) is 0 Å². The van der Waals surface area contributed by atoms with E-state index in [1.807, 2.05) is 24.3 Å². The van der Waals surface area contributed by atoms with Crippen molar-refractivity contribution in [1.82, 2.24) is 5.32 Å². The van der Waals surface area contributed by atoms with Crippen LogP contribution >= 0.6 is 12.2 Å². The van der Waals surface area contributed by atoms with E-state index in [0.717, 1.165) is 11.3 Å². The lowest BCUT2D eigenvalue weighted by Gasteiger charge is -2.08. The SMILES string of the molecule is C=CCNC(=S)OCc1ccc(OC)cc1. The molecule has 1 aromatic carbocycles. The van der Waals surface area contributed by atoms with Gasteiger partial charge in [0.05, 0.1) is 7.11 Å². The Hall–Kier alpha value is -1.55. The van der Waals surface area contributed by atoms with Crippen molar-refractivity contribution in [3.63, 3.8) is 0 Å². The molecule has 0 unspecified atom stereocenters. The Kier molecular flexibility index (Phi) is 5.36. The molecule has 0 fully saturated rings. The summed E-state index contributed by atoms with van der Waals surface area (Å²) in [5.74, 6) is 0.830. The second-order valence-corrected chi connectivity index (χ2v) is 3.46. The summed E-state index contributed by atoms with van der Waals surface area (Å²) >= 11 is 4.96. The summed E-state index contributed by atoms with van der Waals surface area (Å²) in [6.07, 6.45) is 1.73. The molecule has 0 bridgehead atoms. The molecule has 0 amide bonds. The van der Waals surface area contributed by atoms with E-state index in [1.54, 1.807) is 13.2 Å². The molecule has 0 aliphatic heterocycles. The average Bonchev–Trinajstić information content (AvgIpc) is 2.34. The zero-order chi connectivity index (χ0) is 11.8. The van der Waals surface area contributed by atoms with Crippen LogP contribution in [0.25, 0.3) is 0 Å². The number of methoxy groups -OCH3 is 1. The molecule has 0 aliphatic carbocycles. The molecule has 16 heavy (non-hydrogen) atoms. The molecular weight excluding hydrogens is 222 g/mol. The van der Waals surface area contributed by atoms with Gasteiger partial charge < -0.3 is 14.8 Å². The van der Waals surface area contributed by atoms with Gasteiger partial charge in [0.1, 0.15) is 12.4 Å². The lowest BCUT2D eigenvalue weighted by atomic mass is 10.2. The van der Waals surface area contributed by atoms with E-state index < -0.39 is 0 Å². The van der Waals surface area contributed by atoms with Gasteiger partial charge in [-0.3, -0.25) is 0 Å². The van der Waals surface area contributed by atoms with Crippen LogP contribution in [0.15, 0.2) is 36.9 Å². The molecule has 1 aromatic rings. The Balaban J connectivity index is 2.36. The van der Waals surface area contributed by atoms with Crippen molar-refractivity contribution in [3.8, 4) is 5.75 Å². The van der Waals surface area contributed by atoms with Crippen LogP contribution in [0, 0.1) is 0 Å². The zero-order valence-electron chi connectivity index (χ0n) is 9.23. The third-order valence-corrected chi connectivity index (χ3v) is 2.18. The number of hydrogen-bond donors (Lipinski definition) is 1. The number of hydrogen-bond acceptors (Lipinski definition) is 3. The summed E-state index contributed by atoms with van der Waals surface area (Å²) in [5.41, 5.74) is 1.04. The molecule has 86 valence electrons. The summed E-state index contributed by atoms with van der Waals surface area (Å²) < 4.78 is 10.4. The van der Waals surface area contributed by atoms with E-state index in [-0.39, 0.29) is 0 Å². The summed E-state index contributed by atoms with van der Waals surface area (Å²) in [5, 5.41) is 3.28. The van der Waals surface area contributed by atoms with Crippen molar-refractivity contribution in [3.05, 3.63) is 42.5 Å². The van der Waals surface area contributed by atoms with Gasteiger partial charge >= 0.3 is 0 Å². The van der Waals surface area contributed by atoms with Crippen LogP contribution in [0.4, 0.5) is 0 Å². The predicted octanol–water partition coefficient (Wildman–Crippen LogP) is 2.27. The van der Waals surface area contributed by atoms with Crippen molar-refractivity contribution in [1.29, 1.82) is 0 Å². The van der Waals surface area contributed by atoms with E-state index in [0.29, 0.717) is 18.3 Å². The highest BCUT2D eigenvalue weighted by atomic mass is 32.1. The number of ether oxygens (including phenoxy) is 2. The Morgan fingerprint density at radius 2 is 2.12 bits per heavy atom. The molecule has 0 atom stereocenters. The Labute approximate surface area is 101 Å². The normalized spacial score (nSPS) is 9.31. The Morgan fingerprint density at radius 3 is 2.69 bits per heavy atom. The second kappa shape index (κ2) is 6.85. The molecule has 4 heteroatoms. The van der Waals surface area contributed by atoms with Crippen LogP contribution in [0.3, 0.4) is 0 Å². The molecule has 0 aromatic heterocycles. The van der Waals surface area contributed by atoms with E-state index in [4.69, 9.17) is 21.7 Å². The van der Waals surface area contributed by atoms with Crippen molar-refractivity contribution in [2.45, 2.75) is 6.61 Å². The fourth-order valence-electron chi connectivity index (χ4n) is 1.08. The fourth-order valence-corrected chi connectivity index (χ4v) is 1.22. The van der Waals surface area contributed by atoms with E-state index >= 15 is 0 Å². The second-order valence-electron chi connectivity index (χ2n) is 3.09. The number of thiocarbonyl (C=S) groups is 1. The standard InChI is InChI=1S/C12H15NO2S/c1-3-8-13-12(16)15-9-10-4-6-11(14-2)7-5-10/h3-7H,1,8-9H2,2H3,(H,13,16). The smallest absolute Gasteiger partial charge is 0.257 e. The summed E-state index contributed by atoms with van der Waals surface area (Å²) in [4.78, 5) is 0. The number of nitrogens with one attached hydrogen (secondary N) is 1. The Bertz CT molecular complexity index is 349. The molecule has 0 spiro atoms. The first-order valence-corrected chi connectivity index (χ1v) is 5.31. The van der Waals surface area contributed by atoms with Gasteiger partial charge in [-0.15, -0.1) is 6.58 Å². The molecule has 0 radical (unpaired) electrons. The molecular formula is C12H15NO2S. The average molecular weight is 237 g/mol. The quantitative estimate of drug-likeness (QED) is 0.628. The lowest BCUT2D eigenvalue weighted by molar-refractivity contribution is 0.287. The van der Waals surface area contributed by atoms with Crippen LogP contribution in [-0.4, -0.2) is 18.8 Å². The van der Waals surface area contributed by atoms with Gasteiger partial charge in [-0.2, -0.15) is 0 Å². The van der Waals surface area contributed by atoms with Gasteiger partial charge in [0, 0.05) is 6.54 Å². The molecule has 0 saturated heterocycles. The zero-order valence-corrected chi connectivity index (χ0v) is 10.0. The van der Waals surface area contributed by atoms with E-state index in [2.05, 4.69) is 11.9 Å². The first-order chi connectivity index (χ1) is 7.76. The van der Waals surface area contributed by atoms with Crippen molar-refractivity contribution in [2.24, 2.45) is 0 Å². The highest BCUT2D eigenvalue weighted by Crippen LogP contribution is 2.11. The molecule has 3 nitrogen and oxygen atoms in total. The predicted molar refractivity (Wildman–Crippen MR) is 68.6 cm³/mol. The third-order valence-electron chi connectivity index (χ3n) is 1.92. The monoisotopic (exact) mass is 237 g/mol. The van der Waals surface area contributed by atoms with Gasteiger partial charge in [0.25, 0.3) is 5.17 Å². The van der Waals surface area contributed by atoms with Gasteiger partial charge in [-0.05, 0) is 29.9 Å². The van der Waals surface area contributed by atoms with Crippen LogP contribution in [0.5, 0.6) is 5.75 Å². The maximum Gasteiger partial charge on any atom is 0.257 e. The molecule has 0 aliphatic rings. The van der Waals surface area contributed by atoms with Gasteiger partial charge in [0.2, 0.25) is 0 Å². The van der Waals surface area contributed by atoms with Crippen molar-refractivity contribution >= 4 is 17.4 Å². The van der Waals surface area contributed by atoms with Crippen molar-refractivity contribution in [2.75, 3.05) is 13.7 Å². The first kappa shape index (κ1) is 12.5.